The number of amides is 1. The van der Waals surface area contributed by atoms with Gasteiger partial charge in [0.05, 0.1) is 13.2 Å². The second kappa shape index (κ2) is 9.30. The van der Waals surface area contributed by atoms with Crippen LogP contribution in [0.2, 0.25) is 0 Å². The fourth-order valence-corrected chi connectivity index (χ4v) is 2.25. The van der Waals surface area contributed by atoms with E-state index >= 15 is 0 Å². The van der Waals surface area contributed by atoms with Crippen molar-refractivity contribution in [3.63, 3.8) is 0 Å². The van der Waals surface area contributed by atoms with Crippen molar-refractivity contribution in [3.05, 3.63) is 0 Å². The molecule has 0 unspecified atom stereocenters. The lowest BCUT2D eigenvalue weighted by atomic mass is 9.97. The summed E-state index contributed by atoms with van der Waals surface area (Å²) in [6, 6.07) is 0. The maximum atomic E-state index is 11.4. The van der Waals surface area contributed by atoms with Crippen LogP contribution in [-0.4, -0.2) is 63.8 Å². The van der Waals surface area contributed by atoms with Crippen molar-refractivity contribution < 1.29 is 9.53 Å². The van der Waals surface area contributed by atoms with Gasteiger partial charge in [-0.3, -0.25) is 4.79 Å². The van der Waals surface area contributed by atoms with Crippen molar-refractivity contribution in [2.75, 3.05) is 53.0 Å². The van der Waals surface area contributed by atoms with E-state index in [0.717, 1.165) is 19.0 Å². The Kier molecular flexibility index (Phi) is 7.96. The monoisotopic (exact) mass is 257 g/mol. The quantitative estimate of drug-likeness (QED) is 0.604. The minimum Gasteiger partial charge on any atom is -0.383 e. The average Bonchev–Trinajstić information content (AvgIpc) is 2.40. The first-order chi connectivity index (χ1) is 8.76. The molecule has 1 fully saturated rings. The molecule has 1 saturated heterocycles. The highest BCUT2D eigenvalue weighted by Gasteiger charge is 2.17. The number of rotatable bonds is 8. The van der Waals surface area contributed by atoms with E-state index in [-0.39, 0.29) is 5.91 Å². The Hall–Kier alpha value is -0.650. The number of carbonyl (C=O) groups is 1. The van der Waals surface area contributed by atoms with Crippen molar-refractivity contribution in [1.29, 1.82) is 0 Å². The second-order valence-electron chi connectivity index (χ2n) is 4.85. The van der Waals surface area contributed by atoms with Gasteiger partial charge in [-0.2, -0.15) is 0 Å². The second-order valence-corrected chi connectivity index (χ2v) is 4.85. The minimum absolute atomic E-state index is 0.0537. The fraction of sp³-hybridized carbons (Fsp3) is 0.923. The van der Waals surface area contributed by atoms with E-state index in [0.29, 0.717) is 19.7 Å². The van der Waals surface area contributed by atoms with Gasteiger partial charge in [-0.05, 0) is 44.9 Å². The summed E-state index contributed by atoms with van der Waals surface area (Å²) in [5.74, 6) is 0.776. The van der Waals surface area contributed by atoms with Crippen LogP contribution in [0.4, 0.5) is 0 Å². The van der Waals surface area contributed by atoms with Gasteiger partial charge in [-0.1, -0.05) is 6.92 Å². The molecule has 0 saturated carbocycles. The molecular weight excluding hydrogens is 230 g/mol. The van der Waals surface area contributed by atoms with Crippen LogP contribution in [0.25, 0.3) is 0 Å². The Bertz CT molecular complexity index is 228. The lowest BCUT2D eigenvalue weighted by Gasteiger charge is -2.31. The van der Waals surface area contributed by atoms with E-state index in [1.807, 2.05) is 0 Å². The molecule has 1 amide bonds. The number of nitrogens with zero attached hydrogens (tertiary/aromatic N) is 1. The predicted molar refractivity (Wildman–Crippen MR) is 72.6 cm³/mol. The number of piperidine rings is 1. The smallest absolute Gasteiger partial charge is 0.234 e. The molecule has 2 N–H and O–H groups in total. The summed E-state index contributed by atoms with van der Waals surface area (Å²) in [5.41, 5.74) is 0. The van der Waals surface area contributed by atoms with Gasteiger partial charge in [0.25, 0.3) is 0 Å². The van der Waals surface area contributed by atoms with Gasteiger partial charge in [0.15, 0.2) is 0 Å². The van der Waals surface area contributed by atoms with Crippen molar-refractivity contribution >= 4 is 5.91 Å². The number of ether oxygens (including phenoxy) is 1. The Labute approximate surface area is 110 Å². The van der Waals surface area contributed by atoms with Crippen LogP contribution in [-0.2, 0) is 9.53 Å². The number of carbonyl (C=O) groups excluding carboxylic acids is 1. The Morgan fingerprint density at radius 1 is 1.39 bits per heavy atom. The molecule has 0 bridgehead atoms. The molecule has 0 aromatic rings. The standard InChI is InChI=1S/C13H27N3O2/c1-3-16-7-4-12(5-8-16)10-14-11-13(17)15-6-9-18-2/h12,14H,3-11H2,1-2H3,(H,15,17). The molecule has 0 aromatic heterocycles. The molecule has 0 spiro atoms. The van der Waals surface area contributed by atoms with E-state index in [1.54, 1.807) is 7.11 Å². The number of nitrogens with one attached hydrogen (secondary N) is 2. The van der Waals surface area contributed by atoms with Gasteiger partial charge in [0, 0.05) is 13.7 Å². The fourth-order valence-electron chi connectivity index (χ4n) is 2.25. The SMILES string of the molecule is CCN1CCC(CNCC(=O)NCCOC)CC1. The van der Waals surface area contributed by atoms with Crippen LogP contribution in [0.3, 0.4) is 0 Å². The van der Waals surface area contributed by atoms with E-state index in [4.69, 9.17) is 4.74 Å². The van der Waals surface area contributed by atoms with Gasteiger partial charge in [-0.25, -0.2) is 0 Å². The number of hydrogen-bond donors (Lipinski definition) is 2. The summed E-state index contributed by atoms with van der Waals surface area (Å²) in [4.78, 5) is 13.9. The zero-order chi connectivity index (χ0) is 13.2. The lowest BCUT2D eigenvalue weighted by molar-refractivity contribution is -0.120. The molecule has 1 rings (SSSR count). The molecule has 0 aliphatic carbocycles. The third kappa shape index (κ3) is 6.33. The first-order valence-corrected chi connectivity index (χ1v) is 6.95. The highest BCUT2D eigenvalue weighted by atomic mass is 16.5. The van der Waals surface area contributed by atoms with Crippen molar-refractivity contribution in [2.45, 2.75) is 19.8 Å². The number of hydrogen-bond acceptors (Lipinski definition) is 4. The van der Waals surface area contributed by atoms with E-state index in [1.165, 1.54) is 25.9 Å². The molecule has 1 heterocycles. The topological polar surface area (TPSA) is 53.6 Å². The zero-order valence-corrected chi connectivity index (χ0v) is 11.7. The van der Waals surface area contributed by atoms with Crippen LogP contribution in [0, 0.1) is 5.92 Å². The van der Waals surface area contributed by atoms with E-state index in [9.17, 15) is 4.79 Å². The number of likely N-dealkylation sites (tertiary alicyclic amines) is 1. The van der Waals surface area contributed by atoms with Crippen LogP contribution in [0.5, 0.6) is 0 Å². The predicted octanol–water partition coefficient (Wildman–Crippen LogP) is 0.0705. The summed E-state index contributed by atoms with van der Waals surface area (Å²) < 4.78 is 4.87. The molecular formula is C13H27N3O2. The molecule has 5 heteroatoms. The molecule has 1 aliphatic rings. The molecule has 5 nitrogen and oxygen atoms in total. The van der Waals surface area contributed by atoms with Crippen LogP contribution < -0.4 is 10.6 Å². The Morgan fingerprint density at radius 3 is 2.72 bits per heavy atom. The molecule has 1 aliphatic heterocycles. The minimum atomic E-state index is 0.0537. The summed E-state index contributed by atoms with van der Waals surface area (Å²) in [7, 11) is 1.63. The third-order valence-electron chi connectivity index (χ3n) is 3.50. The summed E-state index contributed by atoms with van der Waals surface area (Å²) in [6.07, 6.45) is 2.48. The summed E-state index contributed by atoms with van der Waals surface area (Å²) in [6.45, 7) is 8.29. The number of methoxy groups -OCH3 is 1. The van der Waals surface area contributed by atoms with Crippen LogP contribution in [0.15, 0.2) is 0 Å². The van der Waals surface area contributed by atoms with Crippen molar-refractivity contribution in [1.82, 2.24) is 15.5 Å². The van der Waals surface area contributed by atoms with Crippen molar-refractivity contribution in [3.8, 4) is 0 Å². The maximum Gasteiger partial charge on any atom is 0.234 e. The van der Waals surface area contributed by atoms with Crippen molar-refractivity contribution in [2.24, 2.45) is 5.92 Å². The molecule has 0 atom stereocenters. The molecule has 18 heavy (non-hydrogen) atoms. The highest BCUT2D eigenvalue weighted by molar-refractivity contribution is 5.77. The first-order valence-electron chi connectivity index (χ1n) is 6.95. The van der Waals surface area contributed by atoms with Gasteiger partial charge < -0.3 is 20.3 Å². The Balaban J connectivity index is 1.99. The first kappa shape index (κ1) is 15.4. The van der Waals surface area contributed by atoms with Crippen LogP contribution >= 0.6 is 0 Å². The maximum absolute atomic E-state index is 11.4. The van der Waals surface area contributed by atoms with Gasteiger partial charge in [-0.15, -0.1) is 0 Å². The van der Waals surface area contributed by atoms with E-state index in [2.05, 4.69) is 22.5 Å². The van der Waals surface area contributed by atoms with E-state index < -0.39 is 0 Å². The van der Waals surface area contributed by atoms with Gasteiger partial charge in [0.1, 0.15) is 0 Å². The average molecular weight is 257 g/mol. The van der Waals surface area contributed by atoms with Gasteiger partial charge >= 0.3 is 0 Å². The lowest BCUT2D eigenvalue weighted by Crippen LogP contribution is -2.40. The highest BCUT2D eigenvalue weighted by Crippen LogP contribution is 2.15. The van der Waals surface area contributed by atoms with Crippen LogP contribution in [0.1, 0.15) is 19.8 Å². The normalized spacial score (nSPS) is 17.9. The largest absolute Gasteiger partial charge is 0.383 e. The zero-order valence-electron chi connectivity index (χ0n) is 11.7. The molecule has 0 aromatic carbocycles. The van der Waals surface area contributed by atoms with Gasteiger partial charge in [0.2, 0.25) is 5.91 Å². The third-order valence-corrected chi connectivity index (χ3v) is 3.50. The molecule has 0 radical (unpaired) electrons. The Morgan fingerprint density at radius 2 is 2.11 bits per heavy atom. The summed E-state index contributed by atoms with van der Waals surface area (Å²) >= 11 is 0. The molecule has 106 valence electrons. The summed E-state index contributed by atoms with van der Waals surface area (Å²) in [5, 5.41) is 6.05.